The van der Waals surface area contributed by atoms with Crippen molar-refractivity contribution in [2.75, 3.05) is 11.9 Å². The Balaban J connectivity index is 1.83. The molecule has 4 nitrogen and oxygen atoms in total. The molecule has 0 aliphatic rings. The van der Waals surface area contributed by atoms with E-state index >= 15 is 0 Å². The molecular weight excluding hydrogens is 359 g/mol. The summed E-state index contributed by atoms with van der Waals surface area (Å²) >= 11 is 17.7. The normalized spacial score (nSPS) is 10.2. The molecular formula is C16H13Cl3N2O2. The molecule has 0 saturated carbocycles. The minimum atomic E-state index is -0.755. The molecule has 2 aromatic rings. The number of carbonyl (C=O) groups is 2. The molecule has 0 aliphatic carbocycles. The van der Waals surface area contributed by atoms with Crippen molar-refractivity contribution in [2.24, 2.45) is 0 Å². The van der Waals surface area contributed by atoms with Gasteiger partial charge < -0.3 is 10.6 Å². The summed E-state index contributed by atoms with van der Waals surface area (Å²) in [6.07, 6.45) is 0.492. The Labute approximate surface area is 148 Å². The molecule has 7 heteroatoms. The van der Waals surface area contributed by atoms with E-state index in [2.05, 4.69) is 10.6 Å². The highest BCUT2D eigenvalue weighted by molar-refractivity contribution is 6.40. The van der Waals surface area contributed by atoms with Crippen molar-refractivity contribution < 1.29 is 9.59 Å². The quantitative estimate of drug-likeness (QED) is 0.800. The number of halogens is 3. The summed E-state index contributed by atoms with van der Waals surface area (Å²) in [4.78, 5) is 23.5. The van der Waals surface area contributed by atoms with Gasteiger partial charge in [-0.05, 0) is 42.3 Å². The zero-order chi connectivity index (χ0) is 16.8. The van der Waals surface area contributed by atoms with Crippen LogP contribution in [0.1, 0.15) is 5.56 Å². The van der Waals surface area contributed by atoms with Crippen LogP contribution < -0.4 is 10.6 Å². The fourth-order valence-electron chi connectivity index (χ4n) is 1.87. The van der Waals surface area contributed by atoms with Gasteiger partial charge in [0, 0.05) is 27.3 Å². The molecule has 0 fully saturated rings. The lowest BCUT2D eigenvalue weighted by molar-refractivity contribution is -0.136. The highest BCUT2D eigenvalue weighted by atomic mass is 35.5. The molecule has 0 unspecified atom stereocenters. The number of carbonyl (C=O) groups excluding carboxylic acids is 2. The van der Waals surface area contributed by atoms with E-state index in [0.717, 1.165) is 5.56 Å². The molecule has 23 heavy (non-hydrogen) atoms. The summed E-state index contributed by atoms with van der Waals surface area (Å²) in [5.74, 6) is -1.48. The third kappa shape index (κ3) is 5.43. The van der Waals surface area contributed by atoms with Crippen LogP contribution in [0.4, 0.5) is 5.69 Å². The van der Waals surface area contributed by atoms with Gasteiger partial charge in [0.05, 0.1) is 0 Å². The highest BCUT2D eigenvalue weighted by Gasteiger charge is 2.13. The van der Waals surface area contributed by atoms with Gasteiger partial charge in [-0.15, -0.1) is 0 Å². The Hall–Kier alpha value is -1.75. The third-order valence-electron chi connectivity index (χ3n) is 2.98. The second-order valence-corrected chi connectivity index (χ2v) is 5.99. The minimum Gasteiger partial charge on any atom is -0.347 e. The van der Waals surface area contributed by atoms with Gasteiger partial charge in [-0.1, -0.05) is 46.9 Å². The van der Waals surface area contributed by atoms with Crippen LogP contribution in [0.3, 0.4) is 0 Å². The van der Waals surface area contributed by atoms with Crippen molar-refractivity contribution in [2.45, 2.75) is 6.42 Å². The van der Waals surface area contributed by atoms with Gasteiger partial charge in [-0.2, -0.15) is 0 Å². The van der Waals surface area contributed by atoms with Crippen LogP contribution in [0, 0.1) is 0 Å². The summed E-state index contributed by atoms with van der Waals surface area (Å²) < 4.78 is 0. The molecule has 2 aromatic carbocycles. The zero-order valence-electron chi connectivity index (χ0n) is 11.9. The minimum absolute atomic E-state index is 0.281. The number of amides is 2. The maximum absolute atomic E-state index is 11.8. The first-order valence-electron chi connectivity index (χ1n) is 6.74. The van der Waals surface area contributed by atoms with Crippen LogP contribution in [-0.4, -0.2) is 18.4 Å². The fraction of sp³-hybridized carbons (Fsp3) is 0.125. The molecule has 2 N–H and O–H groups in total. The SMILES string of the molecule is O=C(NCCc1ccc(Cl)cc1Cl)C(=O)Nc1cccc(Cl)c1. The number of nitrogens with one attached hydrogen (secondary N) is 2. The second-order valence-electron chi connectivity index (χ2n) is 4.71. The van der Waals surface area contributed by atoms with Crippen molar-refractivity contribution in [3.05, 3.63) is 63.1 Å². The molecule has 120 valence electrons. The molecule has 2 amide bonds. The highest BCUT2D eigenvalue weighted by Crippen LogP contribution is 2.21. The van der Waals surface area contributed by atoms with E-state index < -0.39 is 11.8 Å². The van der Waals surface area contributed by atoms with E-state index in [9.17, 15) is 9.59 Å². The molecule has 0 heterocycles. The van der Waals surface area contributed by atoms with Crippen LogP contribution in [0.25, 0.3) is 0 Å². The predicted octanol–water partition coefficient (Wildman–Crippen LogP) is 3.94. The number of benzene rings is 2. The summed E-state index contributed by atoms with van der Waals surface area (Å²) in [7, 11) is 0. The van der Waals surface area contributed by atoms with Crippen molar-refractivity contribution in [3.63, 3.8) is 0 Å². The molecule has 0 radical (unpaired) electrons. The van der Waals surface area contributed by atoms with Crippen molar-refractivity contribution in [1.82, 2.24) is 5.32 Å². The molecule has 0 aliphatic heterocycles. The van der Waals surface area contributed by atoms with Gasteiger partial charge in [-0.3, -0.25) is 9.59 Å². The Morgan fingerprint density at radius 3 is 2.35 bits per heavy atom. The second kappa shape index (κ2) is 8.20. The largest absolute Gasteiger partial charge is 0.347 e. The van der Waals surface area contributed by atoms with Crippen molar-refractivity contribution >= 4 is 52.3 Å². The first-order valence-corrected chi connectivity index (χ1v) is 7.88. The van der Waals surface area contributed by atoms with Gasteiger partial charge in [-0.25, -0.2) is 0 Å². The Bertz CT molecular complexity index is 735. The van der Waals surface area contributed by atoms with E-state index in [-0.39, 0.29) is 6.54 Å². The standard InChI is InChI=1S/C16H13Cl3N2O2/c17-11-2-1-3-13(8-11)21-16(23)15(22)20-7-6-10-4-5-12(18)9-14(10)19/h1-5,8-9H,6-7H2,(H,20,22)(H,21,23). The predicted molar refractivity (Wildman–Crippen MR) is 93.3 cm³/mol. The topological polar surface area (TPSA) is 58.2 Å². The average molecular weight is 372 g/mol. The van der Waals surface area contributed by atoms with E-state index in [0.29, 0.717) is 27.2 Å². The fourth-order valence-corrected chi connectivity index (χ4v) is 2.56. The molecule has 0 bridgehead atoms. The Kier molecular flexibility index (Phi) is 6.28. The van der Waals surface area contributed by atoms with Crippen LogP contribution in [0.2, 0.25) is 15.1 Å². The van der Waals surface area contributed by atoms with Crippen LogP contribution >= 0.6 is 34.8 Å². The van der Waals surface area contributed by atoms with E-state index in [1.165, 1.54) is 0 Å². The smallest absolute Gasteiger partial charge is 0.313 e. The lowest BCUT2D eigenvalue weighted by Crippen LogP contribution is -2.36. The van der Waals surface area contributed by atoms with Crippen LogP contribution in [0.15, 0.2) is 42.5 Å². The first-order chi connectivity index (χ1) is 11.0. The molecule has 0 atom stereocenters. The van der Waals surface area contributed by atoms with Gasteiger partial charge in [0.25, 0.3) is 0 Å². The van der Waals surface area contributed by atoms with Gasteiger partial charge in [0.1, 0.15) is 0 Å². The van der Waals surface area contributed by atoms with Gasteiger partial charge in [0.15, 0.2) is 0 Å². The van der Waals surface area contributed by atoms with E-state index in [1.54, 1.807) is 42.5 Å². The first kappa shape index (κ1) is 17.6. The number of hydrogen-bond donors (Lipinski definition) is 2. The zero-order valence-corrected chi connectivity index (χ0v) is 14.2. The lowest BCUT2D eigenvalue weighted by Gasteiger charge is -2.08. The van der Waals surface area contributed by atoms with Crippen LogP contribution in [0.5, 0.6) is 0 Å². The van der Waals surface area contributed by atoms with Crippen molar-refractivity contribution in [1.29, 1.82) is 0 Å². The summed E-state index contributed by atoms with van der Waals surface area (Å²) in [6.45, 7) is 0.281. The van der Waals surface area contributed by atoms with Crippen molar-refractivity contribution in [3.8, 4) is 0 Å². The Morgan fingerprint density at radius 1 is 0.913 bits per heavy atom. The van der Waals surface area contributed by atoms with Gasteiger partial charge >= 0.3 is 11.8 Å². The summed E-state index contributed by atoms with van der Waals surface area (Å²) in [5.41, 5.74) is 1.30. The average Bonchev–Trinajstić information content (AvgIpc) is 2.49. The van der Waals surface area contributed by atoms with E-state index in [1.807, 2.05) is 0 Å². The van der Waals surface area contributed by atoms with Crippen LogP contribution in [-0.2, 0) is 16.0 Å². The molecule has 0 aromatic heterocycles. The lowest BCUT2D eigenvalue weighted by atomic mass is 10.1. The maximum Gasteiger partial charge on any atom is 0.313 e. The summed E-state index contributed by atoms with van der Waals surface area (Å²) in [6, 6.07) is 11.7. The molecule has 0 saturated heterocycles. The van der Waals surface area contributed by atoms with E-state index in [4.69, 9.17) is 34.8 Å². The molecule has 2 rings (SSSR count). The number of anilines is 1. The molecule has 0 spiro atoms. The third-order valence-corrected chi connectivity index (χ3v) is 3.81. The maximum atomic E-state index is 11.8. The monoisotopic (exact) mass is 370 g/mol. The summed E-state index contributed by atoms with van der Waals surface area (Å²) in [5, 5.41) is 6.54. The van der Waals surface area contributed by atoms with Gasteiger partial charge in [0.2, 0.25) is 0 Å². The Morgan fingerprint density at radius 2 is 1.65 bits per heavy atom. The number of rotatable bonds is 4. The number of hydrogen-bond acceptors (Lipinski definition) is 2.